The molecule has 0 aliphatic carbocycles. The summed E-state index contributed by atoms with van der Waals surface area (Å²) in [5.74, 6) is 1.31. The maximum Gasteiger partial charge on any atom is 0.0950 e. The minimum Gasteiger partial charge on any atom is -0.472 e. The van der Waals surface area contributed by atoms with Gasteiger partial charge in [0.2, 0.25) is 0 Å². The van der Waals surface area contributed by atoms with Crippen molar-refractivity contribution >= 4 is 11.8 Å². The average Bonchev–Trinajstić information content (AvgIpc) is 2.90. The minimum absolute atomic E-state index is 0.483. The van der Waals surface area contributed by atoms with Gasteiger partial charge in [0.05, 0.1) is 12.5 Å². The Balaban J connectivity index is 2.01. The van der Waals surface area contributed by atoms with Crippen LogP contribution in [0.2, 0.25) is 0 Å². The van der Waals surface area contributed by atoms with Gasteiger partial charge in [-0.05, 0) is 37.6 Å². The highest BCUT2D eigenvalue weighted by atomic mass is 32.2. The summed E-state index contributed by atoms with van der Waals surface area (Å²) >= 11 is 2.09. The van der Waals surface area contributed by atoms with Gasteiger partial charge in [0.25, 0.3) is 0 Å². The van der Waals surface area contributed by atoms with Crippen molar-refractivity contribution in [2.75, 3.05) is 12.3 Å². The molecule has 0 spiro atoms. The summed E-state index contributed by atoms with van der Waals surface area (Å²) in [6, 6.07) is 2.57. The summed E-state index contributed by atoms with van der Waals surface area (Å²) in [6.45, 7) is 3.30. The monoisotopic (exact) mass is 225 g/mol. The molecule has 2 heterocycles. The van der Waals surface area contributed by atoms with Gasteiger partial charge in [0.1, 0.15) is 0 Å². The first-order chi connectivity index (χ1) is 7.42. The van der Waals surface area contributed by atoms with Crippen molar-refractivity contribution in [3.63, 3.8) is 0 Å². The highest BCUT2D eigenvalue weighted by molar-refractivity contribution is 8.00. The molecule has 1 saturated heterocycles. The Kier molecular flexibility index (Phi) is 4.15. The Morgan fingerprint density at radius 1 is 1.67 bits per heavy atom. The van der Waals surface area contributed by atoms with Crippen molar-refractivity contribution in [3.05, 3.63) is 24.2 Å². The molecule has 2 nitrogen and oxygen atoms in total. The van der Waals surface area contributed by atoms with Crippen molar-refractivity contribution in [1.82, 2.24) is 5.32 Å². The molecule has 1 aromatic rings. The molecule has 1 N–H and O–H groups in total. The standard InChI is InChI=1S/C12H19NOS/c1-2-6-13-12(10-5-7-14-9-10)11-4-3-8-15-11/h5,7,9,11-13H,2-4,6,8H2,1H3. The minimum atomic E-state index is 0.483. The summed E-state index contributed by atoms with van der Waals surface area (Å²) in [5, 5.41) is 4.36. The van der Waals surface area contributed by atoms with Gasteiger partial charge in [-0.2, -0.15) is 11.8 Å². The number of hydrogen-bond donors (Lipinski definition) is 1. The molecule has 2 unspecified atom stereocenters. The molecule has 0 radical (unpaired) electrons. The first kappa shape index (κ1) is 11.1. The molecule has 0 amide bonds. The van der Waals surface area contributed by atoms with Gasteiger partial charge in [0, 0.05) is 16.9 Å². The van der Waals surface area contributed by atoms with Crippen molar-refractivity contribution in [1.29, 1.82) is 0 Å². The predicted octanol–water partition coefficient (Wildman–Crippen LogP) is 3.22. The zero-order valence-electron chi connectivity index (χ0n) is 9.24. The molecular formula is C12H19NOS. The first-order valence-corrected chi connectivity index (χ1v) is 6.83. The third-order valence-electron chi connectivity index (χ3n) is 2.85. The van der Waals surface area contributed by atoms with E-state index < -0.39 is 0 Å². The fraction of sp³-hybridized carbons (Fsp3) is 0.667. The van der Waals surface area contributed by atoms with E-state index >= 15 is 0 Å². The Morgan fingerprint density at radius 3 is 3.20 bits per heavy atom. The lowest BCUT2D eigenvalue weighted by Crippen LogP contribution is -2.29. The molecule has 3 heteroatoms. The van der Waals surface area contributed by atoms with E-state index in [1.165, 1.54) is 30.6 Å². The van der Waals surface area contributed by atoms with Crippen LogP contribution in [0.5, 0.6) is 0 Å². The lowest BCUT2D eigenvalue weighted by Gasteiger charge is -2.22. The van der Waals surface area contributed by atoms with Crippen molar-refractivity contribution < 1.29 is 4.42 Å². The summed E-state index contributed by atoms with van der Waals surface area (Å²) in [7, 11) is 0. The summed E-state index contributed by atoms with van der Waals surface area (Å²) < 4.78 is 5.19. The Labute approximate surface area is 95.8 Å². The molecule has 0 aromatic carbocycles. The number of furan rings is 1. The first-order valence-electron chi connectivity index (χ1n) is 5.79. The Bertz CT molecular complexity index is 267. The second-order valence-corrected chi connectivity index (χ2v) is 5.39. The molecule has 1 aliphatic heterocycles. The van der Waals surface area contributed by atoms with E-state index in [-0.39, 0.29) is 0 Å². The van der Waals surface area contributed by atoms with Gasteiger partial charge in [-0.3, -0.25) is 0 Å². The van der Waals surface area contributed by atoms with Crippen LogP contribution in [-0.2, 0) is 0 Å². The molecule has 1 aliphatic rings. The zero-order valence-corrected chi connectivity index (χ0v) is 10.1. The van der Waals surface area contributed by atoms with Crippen LogP contribution in [0.15, 0.2) is 23.0 Å². The smallest absolute Gasteiger partial charge is 0.0950 e. The van der Waals surface area contributed by atoms with Gasteiger partial charge in [-0.25, -0.2) is 0 Å². The highest BCUT2D eigenvalue weighted by Crippen LogP contribution is 2.36. The van der Waals surface area contributed by atoms with Crippen LogP contribution in [0.3, 0.4) is 0 Å². The second kappa shape index (κ2) is 5.61. The second-order valence-electron chi connectivity index (χ2n) is 4.04. The SMILES string of the molecule is CCCNC(c1ccoc1)C1CCCS1. The van der Waals surface area contributed by atoms with Crippen molar-refractivity contribution in [2.24, 2.45) is 0 Å². The summed E-state index contributed by atoms with van der Waals surface area (Å²) in [6.07, 6.45) is 7.53. The molecule has 1 aromatic heterocycles. The third kappa shape index (κ3) is 2.79. The van der Waals surface area contributed by atoms with Crippen LogP contribution in [0, 0.1) is 0 Å². The Morgan fingerprint density at radius 2 is 2.60 bits per heavy atom. The molecule has 2 rings (SSSR count). The normalized spacial score (nSPS) is 23.1. The van der Waals surface area contributed by atoms with Gasteiger partial charge in [-0.1, -0.05) is 6.92 Å². The van der Waals surface area contributed by atoms with E-state index in [2.05, 4.69) is 30.1 Å². The van der Waals surface area contributed by atoms with E-state index in [9.17, 15) is 0 Å². The maximum absolute atomic E-state index is 5.19. The molecule has 84 valence electrons. The van der Waals surface area contributed by atoms with Crippen molar-refractivity contribution in [2.45, 2.75) is 37.5 Å². The molecule has 0 saturated carbocycles. The van der Waals surface area contributed by atoms with Crippen LogP contribution in [0.25, 0.3) is 0 Å². The number of rotatable bonds is 5. The zero-order chi connectivity index (χ0) is 10.5. The fourth-order valence-corrected chi connectivity index (χ4v) is 3.50. The fourth-order valence-electron chi connectivity index (χ4n) is 2.08. The molecule has 0 bridgehead atoms. The topological polar surface area (TPSA) is 25.2 Å². The summed E-state index contributed by atoms with van der Waals surface area (Å²) in [4.78, 5) is 0. The molecule has 1 fully saturated rings. The predicted molar refractivity (Wildman–Crippen MR) is 65.2 cm³/mol. The van der Waals surface area contributed by atoms with Crippen LogP contribution in [0.4, 0.5) is 0 Å². The van der Waals surface area contributed by atoms with Crippen LogP contribution < -0.4 is 5.32 Å². The van der Waals surface area contributed by atoms with E-state index in [4.69, 9.17) is 4.42 Å². The number of thioether (sulfide) groups is 1. The van der Waals surface area contributed by atoms with Gasteiger partial charge in [0.15, 0.2) is 0 Å². The van der Waals surface area contributed by atoms with E-state index in [1.54, 1.807) is 6.26 Å². The van der Waals surface area contributed by atoms with Gasteiger partial charge < -0.3 is 9.73 Å². The molecule has 15 heavy (non-hydrogen) atoms. The largest absolute Gasteiger partial charge is 0.472 e. The lowest BCUT2D eigenvalue weighted by atomic mass is 10.0. The lowest BCUT2D eigenvalue weighted by molar-refractivity contribution is 0.492. The van der Waals surface area contributed by atoms with Gasteiger partial charge in [-0.15, -0.1) is 0 Å². The molecule has 2 atom stereocenters. The average molecular weight is 225 g/mol. The third-order valence-corrected chi connectivity index (χ3v) is 4.31. The van der Waals surface area contributed by atoms with Crippen LogP contribution >= 0.6 is 11.8 Å². The molecular weight excluding hydrogens is 206 g/mol. The van der Waals surface area contributed by atoms with Crippen LogP contribution in [-0.4, -0.2) is 17.5 Å². The van der Waals surface area contributed by atoms with E-state index in [1.807, 2.05) is 6.26 Å². The Hall–Kier alpha value is -0.410. The highest BCUT2D eigenvalue weighted by Gasteiger charge is 2.26. The van der Waals surface area contributed by atoms with Crippen molar-refractivity contribution in [3.8, 4) is 0 Å². The number of hydrogen-bond acceptors (Lipinski definition) is 3. The van der Waals surface area contributed by atoms with E-state index in [0.717, 1.165) is 11.8 Å². The maximum atomic E-state index is 5.19. The quantitative estimate of drug-likeness (QED) is 0.833. The van der Waals surface area contributed by atoms with Gasteiger partial charge >= 0.3 is 0 Å². The van der Waals surface area contributed by atoms with E-state index in [0.29, 0.717) is 6.04 Å². The summed E-state index contributed by atoms with van der Waals surface area (Å²) in [5.41, 5.74) is 1.31. The van der Waals surface area contributed by atoms with Crippen LogP contribution in [0.1, 0.15) is 37.8 Å². The number of nitrogens with one attached hydrogen (secondary N) is 1.